The number of sulfone groups is 1. The molecule has 0 saturated heterocycles. The first kappa shape index (κ1) is 19.8. The predicted octanol–water partition coefficient (Wildman–Crippen LogP) is 3.03. The molecule has 0 aliphatic rings. The summed E-state index contributed by atoms with van der Waals surface area (Å²) in [4.78, 5) is 12.5. The minimum Gasteiger partial charge on any atom is -0.352 e. The lowest BCUT2D eigenvalue weighted by molar-refractivity contribution is 0.0954. The molecular formula is C21H23N3O3S. The fourth-order valence-electron chi connectivity index (χ4n) is 2.70. The highest BCUT2D eigenvalue weighted by Crippen LogP contribution is 2.16. The number of carbonyl (C=O) groups is 1. The number of amides is 1. The minimum absolute atomic E-state index is 0.229. The van der Waals surface area contributed by atoms with Crippen LogP contribution in [0.3, 0.4) is 0 Å². The lowest BCUT2D eigenvalue weighted by Gasteiger charge is -2.09. The zero-order valence-corrected chi connectivity index (χ0v) is 16.7. The molecule has 0 bridgehead atoms. The van der Waals surface area contributed by atoms with Gasteiger partial charge >= 0.3 is 0 Å². The zero-order chi connectivity index (χ0) is 20.1. The van der Waals surface area contributed by atoms with Crippen LogP contribution in [0.4, 0.5) is 0 Å². The molecule has 28 heavy (non-hydrogen) atoms. The van der Waals surface area contributed by atoms with Crippen LogP contribution >= 0.6 is 0 Å². The highest BCUT2D eigenvalue weighted by Gasteiger charge is 2.19. The SMILES string of the molecule is CC(C)S(=O)(=O)c1ccc(C(=O)NCCc2cnn(-c3ccccc3)c2)cc1. The quantitative estimate of drug-likeness (QED) is 0.664. The van der Waals surface area contributed by atoms with Gasteiger partial charge in [0.25, 0.3) is 5.91 Å². The van der Waals surface area contributed by atoms with E-state index < -0.39 is 15.1 Å². The number of para-hydroxylation sites is 1. The van der Waals surface area contributed by atoms with Gasteiger partial charge in [0.2, 0.25) is 0 Å². The summed E-state index contributed by atoms with van der Waals surface area (Å²) in [6.45, 7) is 3.73. The molecule has 6 nitrogen and oxygen atoms in total. The third-order valence-electron chi connectivity index (χ3n) is 4.42. The van der Waals surface area contributed by atoms with E-state index in [-0.39, 0.29) is 10.8 Å². The van der Waals surface area contributed by atoms with E-state index in [1.54, 1.807) is 24.7 Å². The maximum atomic E-state index is 12.3. The summed E-state index contributed by atoms with van der Waals surface area (Å²) in [6.07, 6.45) is 4.37. The summed E-state index contributed by atoms with van der Waals surface area (Å²) in [5.41, 5.74) is 2.43. The number of benzene rings is 2. The highest BCUT2D eigenvalue weighted by atomic mass is 32.2. The van der Waals surface area contributed by atoms with Crippen molar-refractivity contribution in [1.82, 2.24) is 15.1 Å². The number of nitrogens with zero attached hydrogens (tertiary/aromatic N) is 2. The minimum atomic E-state index is -3.33. The largest absolute Gasteiger partial charge is 0.352 e. The Morgan fingerprint density at radius 3 is 2.39 bits per heavy atom. The van der Waals surface area contributed by atoms with Gasteiger partial charge in [-0.3, -0.25) is 4.79 Å². The van der Waals surface area contributed by atoms with E-state index in [4.69, 9.17) is 0 Å². The van der Waals surface area contributed by atoms with Crippen molar-refractivity contribution in [2.45, 2.75) is 30.4 Å². The molecule has 7 heteroatoms. The molecule has 3 aromatic rings. The molecule has 0 fully saturated rings. The lowest BCUT2D eigenvalue weighted by atomic mass is 10.2. The smallest absolute Gasteiger partial charge is 0.251 e. The summed E-state index contributed by atoms with van der Waals surface area (Å²) in [5.74, 6) is -0.232. The Morgan fingerprint density at radius 2 is 1.75 bits per heavy atom. The van der Waals surface area contributed by atoms with E-state index in [1.807, 2.05) is 36.5 Å². The summed E-state index contributed by atoms with van der Waals surface area (Å²) < 4.78 is 26.1. The second kappa shape index (κ2) is 8.39. The van der Waals surface area contributed by atoms with Crippen molar-refractivity contribution in [3.63, 3.8) is 0 Å². The summed E-state index contributed by atoms with van der Waals surface area (Å²) >= 11 is 0. The van der Waals surface area contributed by atoms with E-state index in [2.05, 4.69) is 10.4 Å². The molecular weight excluding hydrogens is 374 g/mol. The average Bonchev–Trinajstić information content (AvgIpc) is 3.17. The van der Waals surface area contributed by atoms with Crippen LogP contribution in [0.2, 0.25) is 0 Å². The van der Waals surface area contributed by atoms with Gasteiger partial charge in [0.15, 0.2) is 9.84 Å². The van der Waals surface area contributed by atoms with Gasteiger partial charge in [0.1, 0.15) is 0 Å². The first-order chi connectivity index (χ1) is 13.4. The molecule has 1 N–H and O–H groups in total. The topological polar surface area (TPSA) is 81.1 Å². The fraction of sp³-hybridized carbons (Fsp3) is 0.238. The van der Waals surface area contributed by atoms with Gasteiger partial charge in [-0.2, -0.15) is 5.10 Å². The molecule has 0 saturated carbocycles. The van der Waals surface area contributed by atoms with Gasteiger partial charge in [0.05, 0.1) is 22.0 Å². The average molecular weight is 398 g/mol. The van der Waals surface area contributed by atoms with E-state index in [9.17, 15) is 13.2 Å². The molecule has 1 amide bonds. The number of hydrogen-bond acceptors (Lipinski definition) is 4. The van der Waals surface area contributed by atoms with Crippen molar-refractivity contribution in [1.29, 1.82) is 0 Å². The van der Waals surface area contributed by atoms with E-state index in [0.717, 1.165) is 11.3 Å². The Hall–Kier alpha value is -2.93. The van der Waals surface area contributed by atoms with Crippen LogP contribution in [-0.2, 0) is 16.3 Å². The fourth-order valence-corrected chi connectivity index (χ4v) is 3.76. The van der Waals surface area contributed by atoms with Crippen molar-refractivity contribution in [3.8, 4) is 5.69 Å². The van der Waals surface area contributed by atoms with Gasteiger partial charge < -0.3 is 5.32 Å². The highest BCUT2D eigenvalue weighted by molar-refractivity contribution is 7.92. The molecule has 0 unspecified atom stereocenters. The number of rotatable bonds is 7. The van der Waals surface area contributed by atoms with E-state index >= 15 is 0 Å². The van der Waals surface area contributed by atoms with Crippen LogP contribution in [-0.4, -0.2) is 35.9 Å². The normalized spacial score (nSPS) is 11.5. The molecule has 0 aliphatic carbocycles. The molecule has 0 radical (unpaired) electrons. The molecule has 2 aromatic carbocycles. The Balaban J connectivity index is 1.56. The monoisotopic (exact) mass is 397 g/mol. The molecule has 3 rings (SSSR count). The van der Waals surface area contributed by atoms with Crippen LogP contribution in [0, 0.1) is 0 Å². The first-order valence-electron chi connectivity index (χ1n) is 9.09. The summed E-state index contributed by atoms with van der Waals surface area (Å²) in [5, 5.41) is 6.69. The third kappa shape index (κ3) is 4.48. The number of carbonyl (C=O) groups excluding carboxylic acids is 1. The Labute approximate surface area is 165 Å². The Bertz CT molecular complexity index is 1040. The second-order valence-electron chi connectivity index (χ2n) is 6.75. The zero-order valence-electron chi connectivity index (χ0n) is 15.9. The number of hydrogen-bond donors (Lipinski definition) is 1. The standard InChI is InChI=1S/C21H23N3O3S/c1-16(2)28(26,27)20-10-8-18(9-11-20)21(25)22-13-12-17-14-23-24(15-17)19-6-4-3-5-7-19/h3-11,14-16H,12-13H2,1-2H3,(H,22,25). The van der Waals surface area contributed by atoms with E-state index in [0.29, 0.717) is 18.5 Å². The molecule has 146 valence electrons. The number of aromatic nitrogens is 2. The maximum Gasteiger partial charge on any atom is 0.251 e. The maximum absolute atomic E-state index is 12.3. The van der Waals surface area contributed by atoms with Crippen LogP contribution < -0.4 is 5.32 Å². The van der Waals surface area contributed by atoms with E-state index in [1.165, 1.54) is 24.3 Å². The predicted molar refractivity (Wildman–Crippen MR) is 108 cm³/mol. The van der Waals surface area contributed by atoms with Crippen LogP contribution in [0.25, 0.3) is 5.69 Å². The summed E-state index contributed by atoms with van der Waals surface area (Å²) in [7, 11) is -3.33. The van der Waals surface area contributed by atoms with Crippen LogP contribution in [0.1, 0.15) is 29.8 Å². The van der Waals surface area contributed by atoms with Crippen LogP contribution in [0.5, 0.6) is 0 Å². The Morgan fingerprint density at radius 1 is 1.07 bits per heavy atom. The molecule has 0 atom stereocenters. The van der Waals surface area contributed by atoms with Gasteiger partial charge in [0, 0.05) is 18.3 Å². The van der Waals surface area contributed by atoms with Gasteiger partial charge in [-0.15, -0.1) is 0 Å². The third-order valence-corrected chi connectivity index (χ3v) is 6.59. The van der Waals surface area contributed by atoms with Crippen LogP contribution in [0.15, 0.2) is 71.9 Å². The van der Waals surface area contributed by atoms with Gasteiger partial charge in [-0.05, 0) is 62.2 Å². The number of nitrogens with one attached hydrogen (secondary N) is 1. The molecule has 0 spiro atoms. The van der Waals surface area contributed by atoms with Crippen molar-refractivity contribution in [2.75, 3.05) is 6.54 Å². The Kier molecular flexibility index (Phi) is 5.94. The molecule has 1 aromatic heterocycles. The van der Waals surface area contributed by atoms with Gasteiger partial charge in [-0.1, -0.05) is 18.2 Å². The van der Waals surface area contributed by atoms with Crippen molar-refractivity contribution in [2.24, 2.45) is 0 Å². The van der Waals surface area contributed by atoms with Crippen molar-refractivity contribution >= 4 is 15.7 Å². The first-order valence-corrected chi connectivity index (χ1v) is 10.6. The van der Waals surface area contributed by atoms with Crippen molar-refractivity contribution < 1.29 is 13.2 Å². The molecule has 1 heterocycles. The molecule has 0 aliphatic heterocycles. The summed E-state index contributed by atoms with van der Waals surface area (Å²) in [6, 6.07) is 15.8. The lowest BCUT2D eigenvalue weighted by Crippen LogP contribution is -2.25. The van der Waals surface area contributed by atoms with Crippen molar-refractivity contribution in [3.05, 3.63) is 78.1 Å². The second-order valence-corrected chi connectivity index (χ2v) is 9.26. The van der Waals surface area contributed by atoms with Gasteiger partial charge in [-0.25, -0.2) is 13.1 Å².